The van der Waals surface area contributed by atoms with Gasteiger partial charge < -0.3 is 10.0 Å². The first kappa shape index (κ1) is 16.6. The Labute approximate surface area is 142 Å². The van der Waals surface area contributed by atoms with Gasteiger partial charge in [0.2, 0.25) is 0 Å². The summed E-state index contributed by atoms with van der Waals surface area (Å²) in [7, 11) is 0. The molecule has 1 N–H and O–H groups in total. The summed E-state index contributed by atoms with van der Waals surface area (Å²) >= 11 is 0. The van der Waals surface area contributed by atoms with Crippen molar-refractivity contribution in [3.8, 4) is 0 Å². The minimum atomic E-state index is -0.494. The van der Waals surface area contributed by atoms with Gasteiger partial charge in [-0.3, -0.25) is 9.69 Å². The molecule has 1 saturated heterocycles. The fourth-order valence-corrected chi connectivity index (χ4v) is 2.98. The first-order valence-corrected chi connectivity index (χ1v) is 8.32. The highest BCUT2D eigenvalue weighted by Gasteiger charge is 2.24. The molecule has 1 aromatic heterocycles. The highest BCUT2D eigenvalue weighted by molar-refractivity contribution is 5.92. The van der Waals surface area contributed by atoms with E-state index in [1.165, 1.54) is 0 Å². The number of benzene rings is 1. The van der Waals surface area contributed by atoms with Crippen LogP contribution in [0.3, 0.4) is 0 Å². The predicted octanol–water partition coefficient (Wildman–Crippen LogP) is 1.88. The molecule has 1 aromatic carbocycles. The van der Waals surface area contributed by atoms with Gasteiger partial charge in [0.05, 0.1) is 6.10 Å². The summed E-state index contributed by atoms with van der Waals surface area (Å²) < 4.78 is 0. The number of β-amino-alcohol motifs (C(OH)–C–C–N with tert-alkyl or cyclic N) is 1. The van der Waals surface area contributed by atoms with Crippen LogP contribution < -0.4 is 0 Å². The lowest BCUT2D eigenvalue weighted by Gasteiger charge is -2.35. The molecule has 126 valence electrons. The van der Waals surface area contributed by atoms with Gasteiger partial charge in [0.25, 0.3) is 5.91 Å². The Morgan fingerprint density at radius 2 is 1.79 bits per heavy atom. The van der Waals surface area contributed by atoms with Crippen molar-refractivity contribution in [3.63, 3.8) is 0 Å². The molecule has 5 nitrogen and oxygen atoms in total. The van der Waals surface area contributed by atoms with Gasteiger partial charge in [0, 0.05) is 38.4 Å². The first-order chi connectivity index (χ1) is 11.6. The van der Waals surface area contributed by atoms with Gasteiger partial charge in [-0.1, -0.05) is 36.4 Å². The van der Waals surface area contributed by atoms with E-state index < -0.39 is 6.10 Å². The number of amides is 1. The molecule has 0 aliphatic carbocycles. The average Bonchev–Trinajstić information content (AvgIpc) is 2.62. The summed E-state index contributed by atoms with van der Waals surface area (Å²) in [5, 5.41) is 10.3. The van der Waals surface area contributed by atoms with Gasteiger partial charge in [0.15, 0.2) is 0 Å². The molecule has 1 fully saturated rings. The van der Waals surface area contributed by atoms with Crippen LogP contribution in [0.2, 0.25) is 0 Å². The summed E-state index contributed by atoms with van der Waals surface area (Å²) in [6.07, 6.45) is -0.494. The topological polar surface area (TPSA) is 56.7 Å². The molecule has 0 radical (unpaired) electrons. The van der Waals surface area contributed by atoms with Gasteiger partial charge in [-0.25, -0.2) is 4.98 Å². The number of piperazine rings is 1. The standard InChI is InChI=1S/C19H23N3O2/c1-15-6-5-9-17(20-15)19(24)22-12-10-21(11-13-22)14-18(23)16-7-3-2-4-8-16/h2-9,18,23H,10-14H2,1H3/t18-/m0/s1. The molecule has 0 bridgehead atoms. The number of rotatable bonds is 4. The SMILES string of the molecule is Cc1cccc(C(=O)N2CCN(C[C@H](O)c3ccccc3)CC2)n1. The summed E-state index contributed by atoms with van der Waals surface area (Å²) in [5.74, 6) is -0.0121. The highest BCUT2D eigenvalue weighted by Crippen LogP contribution is 2.15. The number of pyridine rings is 1. The molecule has 1 atom stereocenters. The Bertz CT molecular complexity index is 682. The summed E-state index contributed by atoms with van der Waals surface area (Å²) in [5.41, 5.74) is 2.29. The number of aliphatic hydroxyl groups is 1. The lowest BCUT2D eigenvalue weighted by molar-refractivity contribution is 0.0523. The minimum absolute atomic E-state index is 0.0121. The largest absolute Gasteiger partial charge is 0.387 e. The second-order valence-electron chi connectivity index (χ2n) is 6.18. The Morgan fingerprint density at radius 1 is 1.08 bits per heavy atom. The zero-order valence-electron chi connectivity index (χ0n) is 13.9. The summed E-state index contributed by atoms with van der Waals surface area (Å²) in [4.78, 5) is 20.8. The van der Waals surface area contributed by atoms with Crippen molar-refractivity contribution in [3.05, 3.63) is 65.5 Å². The Hall–Kier alpha value is -2.24. The van der Waals surface area contributed by atoms with Crippen LogP contribution >= 0.6 is 0 Å². The van der Waals surface area contributed by atoms with Crippen molar-refractivity contribution in [1.29, 1.82) is 0 Å². The second kappa shape index (κ2) is 7.55. The van der Waals surface area contributed by atoms with Crippen molar-refractivity contribution in [2.45, 2.75) is 13.0 Å². The predicted molar refractivity (Wildman–Crippen MR) is 92.7 cm³/mol. The monoisotopic (exact) mass is 325 g/mol. The lowest BCUT2D eigenvalue weighted by Crippen LogP contribution is -2.49. The Balaban J connectivity index is 1.53. The Kier molecular flexibility index (Phi) is 5.23. The van der Waals surface area contributed by atoms with Crippen LogP contribution in [0.4, 0.5) is 0 Å². The zero-order valence-corrected chi connectivity index (χ0v) is 13.9. The van der Waals surface area contributed by atoms with Crippen LogP contribution in [0.15, 0.2) is 48.5 Å². The number of carbonyl (C=O) groups excluding carboxylic acids is 1. The van der Waals surface area contributed by atoms with Crippen LogP contribution in [0.5, 0.6) is 0 Å². The third-order valence-electron chi connectivity index (χ3n) is 4.38. The zero-order chi connectivity index (χ0) is 16.9. The number of aromatic nitrogens is 1. The van der Waals surface area contributed by atoms with E-state index in [-0.39, 0.29) is 5.91 Å². The first-order valence-electron chi connectivity index (χ1n) is 8.32. The van der Waals surface area contributed by atoms with Gasteiger partial charge in [-0.2, -0.15) is 0 Å². The fourth-order valence-electron chi connectivity index (χ4n) is 2.98. The summed E-state index contributed by atoms with van der Waals surface area (Å²) in [6.45, 7) is 5.34. The third kappa shape index (κ3) is 3.99. The molecular weight excluding hydrogens is 302 g/mol. The van der Waals surface area contributed by atoms with Gasteiger partial charge in [0.1, 0.15) is 5.69 Å². The van der Waals surface area contributed by atoms with E-state index in [9.17, 15) is 9.90 Å². The van der Waals surface area contributed by atoms with E-state index in [4.69, 9.17) is 0 Å². The fraction of sp³-hybridized carbons (Fsp3) is 0.368. The van der Waals surface area contributed by atoms with Crippen molar-refractivity contribution < 1.29 is 9.90 Å². The van der Waals surface area contributed by atoms with E-state index in [1.54, 1.807) is 6.07 Å². The van der Waals surface area contributed by atoms with Gasteiger partial charge >= 0.3 is 0 Å². The number of hydrogen-bond donors (Lipinski definition) is 1. The van der Waals surface area contributed by atoms with E-state index >= 15 is 0 Å². The summed E-state index contributed by atoms with van der Waals surface area (Å²) in [6, 6.07) is 15.2. The number of aliphatic hydroxyl groups excluding tert-OH is 1. The van der Waals surface area contributed by atoms with Crippen LogP contribution in [0, 0.1) is 6.92 Å². The molecule has 0 unspecified atom stereocenters. The normalized spacial score (nSPS) is 16.8. The van der Waals surface area contributed by atoms with E-state index in [1.807, 2.05) is 54.3 Å². The average molecular weight is 325 g/mol. The van der Waals surface area contributed by atoms with Crippen molar-refractivity contribution >= 4 is 5.91 Å². The molecule has 1 aliphatic heterocycles. The van der Waals surface area contributed by atoms with Crippen molar-refractivity contribution in [2.75, 3.05) is 32.7 Å². The third-order valence-corrected chi connectivity index (χ3v) is 4.38. The van der Waals surface area contributed by atoms with Crippen molar-refractivity contribution in [2.24, 2.45) is 0 Å². The molecule has 1 aliphatic rings. The Morgan fingerprint density at radius 3 is 2.46 bits per heavy atom. The van der Waals surface area contributed by atoms with Crippen LogP contribution in [-0.4, -0.2) is 58.5 Å². The molecular formula is C19H23N3O2. The molecule has 2 heterocycles. The highest BCUT2D eigenvalue weighted by atomic mass is 16.3. The maximum Gasteiger partial charge on any atom is 0.272 e. The number of hydrogen-bond acceptors (Lipinski definition) is 4. The number of aryl methyl sites for hydroxylation is 1. The van der Waals surface area contributed by atoms with Crippen LogP contribution in [0.25, 0.3) is 0 Å². The van der Waals surface area contributed by atoms with Crippen LogP contribution in [-0.2, 0) is 0 Å². The van der Waals surface area contributed by atoms with Crippen molar-refractivity contribution in [1.82, 2.24) is 14.8 Å². The van der Waals surface area contributed by atoms with Crippen LogP contribution in [0.1, 0.15) is 27.8 Å². The lowest BCUT2D eigenvalue weighted by atomic mass is 10.1. The van der Waals surface area contributed by atoms with E-state index in [0.29, 0.717) is 25.3 Å². The number of carbonyl (C=O) groups is 1. The minimum Gasteiger partial charge on any atom is -0.387 e. The molecule has 24 heavy (non-hydrogen) atoms. The number of nitrogens with zero attached hydrogens (tertiary/aromatic N) is 3. The smallest absolute Gasteiger partial charge is 0.272 e. The molecule has 3 rings (SSSR count). The molecule has 0 saturated carbocycles. The van der Waals surface area contributed by atoms with E-state index in [0.717, 1.165) is 24.3 Å². The molecule has 2 aromatic rings. The molecule has 0 spiro atoms. The maximum absolute atomic E-state index is 12.5. The molecule has 1 amide bonds. The van der Waals surface area contributed by atoms with Gasteiger partial charge in [-0.15, -0.1) is 0 Å². The molecule has 5 heteroatoms. The quantitative estimate of drug-likeness (QED) is 0.932. The van der Waals surface area contributed by atoms with Gasteiger partial charge in [-0.05, 0) is 24.6 Å². The van der Waals surface area contributed by atoms with E-state index in [2.05, 4.69) is 9.88 Å². The second-order valence-corrected chi connectivity index (χ2v) is 6.18. The maximum atomic E-state index is 12.5.